The number of aryl methyl sites for hydroxylation is 2. The van der Waals surface area contributed by atoms with E-state index in [2.05, 4.69) is 20.2 Å². The first kappa shape index (κ1) is 16.7. The van der Waals surface area contributed by atoms with Crippen LogP contribution in [-0.4, -0.2) is 61.5 Å². The van der Waals surface area contributed by atoms with Gasteiger partial charge >= 0.3 is 0 Å². The number of aromatic nitrogens is 5. The van der Waals surface area contributed by atoms with Crippen molar-refractivity contribution in [3.05, 3.63) is 34.3 Å². The van der Waals surface area contributed by atoms with E-state index in [1.807, 2.05) is 9.47 Å². The van der Waals surface area contributed by atoms with Crippen molar-refractivity contribution in [1.29, 1.82) is 0 Å². The van der Waals surface area contributed by atoms with Crippen LogP contribution in [0.25, 0.3) is 0 Å². The number of carbonyl (C=O) groups is 1. The Kier molecular flexibility index (Phi) is 4.44. The normalized spacial score (nSPS) is 17.7. The zero-order valence-electron chi connectivity index (χ0n) is 15.0. The highest BCUT2D eigenvalue weighted by Gasteiger charge is 2.27. The Balaban J connectivity index is 1.45. The maximum atomic E-state index is 12.9. The molecule has 26 heavy (non-hydrogen) atoms. The first-order chi connectivity index (χ1) is 12.6. The van der Waals surface area contributed by atoms with Gasteiger partial charge in [0.25, 0.3) is 11.5 Å². The maximum absolute atomic E-state index is 12.9. The molecule has 1 saturated heterocycles. The van der Waals surface area contributed by atoms with E-state index in [1.165, 1.54) is 11.1 Å². The van der Waals surface area contributed by atoms with Crippen molar-refractivity contribution in [2.75, 3.05) is 31.1 Å². The Hall–Kier alpha value is -2.71. The summed E-state index contributed by atoms with van der Waals surface area (Å²) in [6.07, 6.45) is 5.92. The largest absolute Gasteiger partial charge is 0.367 e. The molecule has 2 aliphatic rings. The van der Waals surface area contributed by atoms with Gasteiger partial charge in [-0.25, -0.2) is 4.68 Å². The van der Waals surface area contributed by atoms with E-state index < -0.39 is 0 Å². The average molecular weight is 357 g/mol. The third-order valence-corrected chi connectivity index (χ3v) is 5.19. The van der Waals surface area contributed by atoms with Gasteiger partial charge in [0.05, 0.1) is 11.9 Å². The van der Waals surface area contributed by atoms with Gasteiger partial charge in [0.1, 0.15) is 5.82 Å². The van der Waals surface area contributed by atoms with Gasteiger partial charge in [0.15, 0.2) is 0 Å². The standard InChI is InChI=1S/C17H23N7O2/c1-21-15(25)11-13(12-18-21)22-7-9-23(10-8-22)17(26)16-20-19-14-5-3-2-4-6-24(14)16/h11-12H,2-10H2,1H3. The lowest BCUT2D eigenvalue weighted by atomic mass is 10.2. The van der Waals surface area contributed by atoms with Crippen LogP contribution < -0.4 is 10.5 Å². The van der Waals surface area contributed by atoms with Crippen molar-refractivity contribution in [2.24, 2.45) is 7.05 Å². The van der Waals surface area contributed by atoms with Crippen LogP contribution in [0.1, 0.15) is 35.7 Å². The van der Waals surface area contributed by atoms with Crippen molar-refractivity contribution in [3.8, 4) is 0 Å². The number of anilines is 1. The van der Waals surface area contributed by atoms with Gasteiger partial charge in [-0.3, -0.25) is 9.59 Å². The monoisotopic (exact) mass is 357 g/mol. The van der Waals surface area contributed by atoms with Crippen LogP contribution >= 0.6 is 0 Å². The minimum atomic E-state index is -0.132. The van der Waals surface area contributed by atoms with E-state index in [9.17, 15) is 9.59 Å². The van der Waals surface area contributed by atoms with E-state index >= 15 is 0 Å². The van der Waals surface area contributed by atoms with E-state index in [-0.39, 0.29) is 11.5 Å². The fourth-order valence-corrected chi connectivity index (χ4v) is 3.59. The Morgan fingerprint density at radius 3 is 2.62 bits per heavy atom. The number of carbonyl (C=O) groups excluding carboxylic acids is 1. The van der Waals surface area contributed by atoms with Crippen LogP contribution in [0.5, 0.6) is 0 Å². The molecule has 0 radical (unpaired) electrons. The molecule has 9 heteroatoms. The summed E-state index contributed by atoms with van der Waals surface area (Å²) in [6.45, 7) is 3.35. The van der Waals surface area contributed by atoms with Crippen molar-refractivity contribution >= 4 is 11.6 Å². The quantitative estimate of drug-likeness (QED) is 0.755. The summed E-state index contributed by atoms with van der Waals surface area (Å²) < 4.78 is 3.30. The lowest BCUT2D eigenvalue weighted by Gasteiger charge is -2.35. The third kappa shape index (κ3) is 3.09. The van der Waals surface area contributed by atoms with Crippen LogP contribution in [0.15, 0.2) is 17.1 Å². The molecule has 1 fully saturated rings. The minimum Gasteiger partial charge on any atom is -0.367 e. The second-order valence-electron chi connectivity index (χ2n) is 6.86. The Morgan fingerprint density at radius 1 is 1.04 bits per heavy atom. The van der Waals surface area contributed by atoms with Gasteiger partial charge in [-0.05, 0) is 12.8 Å². The van der Waals surface area contributed by atoms with E-state index in [1.54, 1.807) is 19.3 Å². The third-order valence-electron chi connectivity index (χ3n) is 5.19. The number of hydrogen-bond acceptors (Lipinski definition) is 6. The van der Waals surface area contributed by atoms with Crippen LogP contribution in [0.4, 0.5) is 5.69 Å². The smallest absolute Gasteiger partial charge is 0.291 e. The van der Waals surface area contributed by atoms with Gasteiger partial charge in [-0.15, -0.1) is 10.2 Å². The average Bonchev–Trinajstić information content (AvgIpc) is 2.92. The summed E-state index contributed by atoms with van der Waals surface area (Å²) in [5.74, 6) is 1.34. The van der Waals surface area contributed by atoms with E-state index in [0.717, 1.165) is 37.3 Å². The highest BCUT2D eigenvalue weighted by atomic mass is 16.2. The SMILES string of the molecule is Cn1ncc(N2CCN(C(=O)c3nnc4n3CCCCC4)CC2)cc1=O. The molecule has 4 heterocycles. The molecular formula is C17H23N7O2. The number of nitrogens with zero attached hydrogens (tertiary/aromatic N) is 7. The first-order valence-electron chi connectivity index (χ1n) is 9.13. The van der Waals surface area contributed by atoms with Gasteiger partial charge < -0.3 is 14.4 Å². The Bertz CT molecular complexity index is 864. The predicted molar refractivity (Wildman–Crippen MR) is 95.2 cm³/mol. The lowest BCUT2D eigenvalue weighted by molar-refractivity contribution is 0.0728. The molecule has 0 unspecified atom stereocenters. The zero-order chi connectivity index (χ0) is 18.1. The summed E-state index contributed by atoms with van der Waals surface area (Å²) in [5, 5.41) is 12.5. The molecular weight excluding hydrogens is 334 g/mol. The van der Waals surface area contributed by atoms with Gasteiger partial charge in [0, 0.05) is 52.3 Å². The molecule has 2 aromatic heterocycles. The molecule has 2 aromatic rings. The van der Waals surface area contributed by atoms with Crippen molar-refractivity contribution in [1.82, 2.24) is 29.4 Å². The number of amides is 1. The summed E-state index contributed by atoms with van der Waals surface area (Å²) in [6, 6.07) is 1.59. The molecule has 138 valence electrons. The number of rotatable bonds is 2. The summed E-state index contributed by atoms with van der Waals surface area (Å²) in [5.41, 5.74) is 0.670. The molecule has 0 saturated carbocycles. The van der Waals surface area contributed by atoms with Crippen molar-refractivity contribution in [2.45, 2.75) is 32.2 Å². The molecule has 0 aromatic carbocycles. The fraction of sp³-hybridized carbons (Fsp3) is 0.588. The van der Waals surface area contributed by atoms with Gasteiger partial charge in [-0.1, -0.05) is 6.42 Å². The second-order valence-corrected chi connectivity index (χ2v) is 6.86. The fourth-order valence-electron chi connectivity index (χ4n) is 3.59. The van der Waals surface area contributed by atoms with Crippen LogP contribution in [-0.2, 0) is 20.0 Å². The molecule has 9 nitrogen and oxygen atoms in total. The lowest BCUT2D eigenvalue weighted by Crippen LogP contribution is -2.49. The highest BCUT2D eigenvalue weighted by molar-refractivity contribution is 5.91. The summed E-state index contributed by atoms with van der Waals surface area (Å²) in [7, 11) is 1.63. The molecule has 0 bridgehead atoms. The molecule has 4 rings (SSSR count). The topological polar surface area (TPSA) is 89.2 Å². The number of hydrogen-bond donors (Lipinski definition) is 0. The molecule has 0 atom stereocenters. The minimum absolute atomic E-state index is 0.0487. The molecule has 2 aliphatic heterocycles. The van der Waals surface area contributed by atoms with E-state index in [0.29, 0.717) is 32.0 Å². The van der Waals surface area contributed by atoms with Crippen LogP contribution in [0, 0.1) is 0 Å². The van der Waals surface area contributed by atoms with E-state index in [4.69, 9.17) is 0 Å². The van der Waals surface area contributed by atoms with Crippen LogP contribution in [0.2, 0.25) is 0 Å². The molecule has 0 aliphatic carbocycles. The first-order valence-corrected chi connectivity index (χ1v) is 9.13. The Labute approximate surface area is 151 Å². The highest BCUT2D eigenvalue weighted by Crippen LogP contribution is 2.18. The molecule has 0 spiro atoms. The van der Waals surface area contributed by atoms with Gasteiger partial charge in [0.2, 0.25) is 5.82 Å². The van der Waals surface area contributed by atoms with Crippen LogP contribution in [0.3, 0.4) is 0 Å². The maximum Gasteiger partial charge on any atom is 0.291 e. The zero-order valence-corrected chi connectivity index (χ0v) is 15.0. The molecule has 1 amide bonds. The number of fused-ring (bicyclic) bond motifs is 1. The van der Waals surface area contributed by atoms with Crippen molar-refractivity contribution in [3.63, 3.8) is 0 Å². The molecule has 0 N–H and O–H groups in total. The summed E-state index contributed by atoms with van der Waals surface area (Å²) in [4.78, 5) is 28.6. The number of piperazine rings is 1. The second kappa shape index (κ2) is 6.89. The Morgan fingerprint density at radius 2 is 1.85 bits per heavy atom. The summed E-state index contributed by atoms with van der Waals surface area (Å²) >= 11 is 0. The van der Waals surface area contributed by atoms with Crippen molar-refractivity contribution < 1.29 is 4.79 Å². The van der Waals surface area contributed by atoms with Gasteiger partial charge in [-0.2, -0.15) is 5.10 Å². The predicted octanol–water partition coefficient (Wildman–Crippen LogP) is 0.0606.